The number of nitrogens with two attached hydrogens (primary N) is 1. The van der Waals surface area contributed by atoms with Crippen LogP contribution in [-0.2, 0) is 11.3 Å². The molecule has 6 nitrogen and oxygen atoms in total. The maximum atomic E-state index is 12.2. The predicted molar refractivity (Wildman–Crippen MR) is 83.4 cm³/mol. The molecule has 0 unspecified atom stereocenters. The largest absolute Gasteiger partial charge is 0.467 e. The van der Waals surface area contributed by atoms with Gasteiger partial charge in [-0.05, 0) is 25.1 Å². The number of carbonyl (C=O) groups is 2. The van der Waals surface area contributed by atoms with Gasteiger partial charge in [0, 0.05) is 12.7 Å². The highest BCUT2D eigenvalue weighted by atomic mass is 16.3. The van der Waals surface area contributed by atoms with Crippen LogP contribution in [0.1, 0.15) is 21.7 Å². The molecule has 2 rings (SSSR count). The topological polar surface area (TPSA) is 88.6 Å². The number of likely N-dealkylation sites (N-methyl/N-ethyl adjacent to an activating group) is 1. The fourth-order valence-corrected chi connectivity index (χ4v) is 1.94. The first kappa shape index (κ1) is 15.8. The van der Waals surface area contributed by atoms with Crippen molar-refractivity contribution in [3.63, 3.8) is 0 Å². The highest BCUT2D eigenvalue weighted by Gasteiger charge is 2.17. The Kier molecular flexibility index (Phi) is 4.95. The van der Waals surface area contributed by atoms with Crippen molar-refractivity contribution in [1.29, 1.82) is 0 Å². The first-order chi connectivity index (χ1) is 10.5. The van der Waals surface area contributed by atoms with E-state index in [1.54, 1.807) is 13.1 Å². The van der Waals surface area contributed by atoms with E-state index in [9.17, 15) is 9.59 Å². The molecule has 116 valence electrons. The van der Waals surface area contributed by atoms with Crippen molar-refractivity contribution in [3.05, 3.63) is 53.5 Å². The summed E-state index contributed by atoms with van der Waals surface area (Å²) in [4.78, 5) is 25.4. The van der Waals surface area contributed by atoms with Crippen molar-refractivity contribution < 1.29 is 14.0 Å². The molecule has 0 fully saturated rings. The number of nitrogens with one attached hydrogen (secondary N) is 1. The number of benzene rings is 1. The van der Waals surface area contributed by atoms with Gasteiger partial charge in [-0.15, -0.1) is 0 Å². The van der Waals surface area contributed by atoms with Gasteiger partial charge in [-0.2, -0.15) is 0 Å². The summed E-state index contributed by atoms with van der Waals surface area (Å²) >= 11 is 0. The van der Waals surface area contributed by atoms with E-state index in [1.807, 2.05) is 31.2 Å². The molecule has 3 N–H and O–H groups in total. The third-order valence-corrected chi connectivity index (χ3v) is 3.16. The number of hydrogen-bond acceptors (Lipinski definition) is 4. The van der Waals surface area contributed by atoms with E-state index < -0.39 is 0 Å². The minimum absolute atomic E-state index is 0.0458. The minimum atomic E-state index is -0.289. The van der Waals surface area contributed by atoms with Gasteiger partial charge in [0.1, 0.15) is 12.0 Å². The lowest BCUT2D eigenvalue weighted by molar-refractivity contribution is -0.116. The predicted octanol–water partition coefficient (Wildman–Crippen LogP) is 1.76. The number of aryl methyl sites for hydroxylation is 1. The van der Waals surface area contributed by atoms with Gasteiger partial charge in [-0.1, -0.05) is 17.7 Å². The number of nitrogens with zero attached hydrogens (tertiary/aromatic N) is 1. The molecule has 22 heavy (non-hydrogen) atoms. The van der Waals surface area contributed by atoms with Gasteiger partial charge in [-0.25, -0.2) is 0 Å². The quantitative estimate of drug-likeness (QED) is 0.880. The van der Waals surface area contributed by atoms with Gasteiger partial charge in [0.05, 0.1) is 18.7 Å². The Morgan fingerprint density at radius 1 is 1.27 bits per heavy atom. The molecule has 2 amide bonds. The highest BCUT2D eigenvalue weighted by Crippen LogP contribution is 2.11. The zero-order chi connectivity index (χ0) is 16.1. The Labute approximate surface area is 128 Å². The summed E-state index contributed by atoms with van der Waals surface area (Å²) in [5.41, 5.74) is 7.63. The van der Waals surface area contributed by atoms with E-state index in [0.717, 1.165) is 5.56 Å². The summed E-state index contributed by atoms with van der Waals surface area (Å²) in [5.74, 6) is -0.0226. The minimum Gasteiger partial charge on any atom is -0.467 e. The first-order valence-electron chi connectivity index (χ1n) is 6.89. The van der Waals surface area contributed by atoms with Gasteiger partial charge in [-0.3, -0.25) is 9.59 Å². The third-order valence-electron chi connectivity index (χ3n) is 3.16. The van der Waals surface area contributed by atoms with Crippen molar-refractivity contribution in [2.45, 2.75) is 13.5 Å². The zero-order valence-electron chi connectivity index (χ0n) is 12.6. The second-order valence-electron chi connectivity index (χ2n) is 5.08. The number of furan rings is 1. The monoisotopic (exact) mass is 301 g/mol. The van der Waals surface area contributed by atoms with Crippen LogP contribution in [0.2, 0.25) is 0 Å². The summed E-state index contributed by atoms with van der Waals surface area (Å²) < 4.78 is 5.12. The van der Waals surface area contributed by atoms with Crippen LogP contribution < -0.4 is 11.1 Å². The Bertz CT molecular complexity index is 662. The first-order valence-corrected chi connectivity index (χ1v) is 6.89. The number of amides is 2. The molecule has 1 aromatic heterocycles. The highest BCUT2D eigenvalue weighted by molar-refractivity contribution is 5.99. The molecule has 6 heteroatoms. The molecule has 0 radical (unpaired) electrons. The van der Waals surface area contributed by atoms with Crippen molar-refractivity contribution >= 4 is 17.5 Å². The fraction of sp³-hybridized carbons (Fsp3) is 0.250. The molecule has 0 atom stereocenters. The second-order valence-corrected chi connectivity index (χ2v) is 5.08. The Hall–Kier alpha value is -2.60. The summed E-state index contributed by atoms with van der Waals surface area (Å²) in [6, 6.07) is 9.03. The Morgan fingerprint density at radius 2 is 1.95 bits per heavy atom. The molecule has 1 aromatic carbocycles. The van der Waals surface area contributed by atoms with Gasteiger partial charge in [0.15, 0.2) is 0 Å². The average Bonchev–Trinajstić information content (AvgIpc) is 2.97. The van der Waals surface area contributed by atoms with E-state index in [4.69, 9.17) is 10.2 Å². The number of carbonyl (C=O) groups excluding carboxylic acids is 2. The summed E-state index contributed by atoms with van der Waals surface area (Å²) in [7, 11) is 1.56. The lowest BCUT2D eigenvalue weighted by Gasteiger charge is -2.15. The van der Waals surface area contributed by atoms with Crippen LogP contribution in [0, 0.1) is 6.92 Å². The van der Waals surface area contributed by atoms with Crippen LogP contribution in [0.25, 0.3) is 0 Å². The molecular formula is C16H19N3O3. The zero-order valence-corrected chi connectivity index (χ0v) is 12.6. The lowest BCUT2D eigenvalue weighted by atomic mass is 10.2. The van der Waals surface area contributed by atoms with Crippen molar-refractivity contribution in [1.82, 2.24) is 4.90 Å². The van der Waals surface area contributed by atoms with Crippen molar-refractivity contribution in [2.24, 2.45) is 5.73 Å². The maximum absolute atomic E-state index is 12.2. The van der Waals surface area contributed by atoms with E-state index in [-0.39, 0.29) is 24.9 Å². The van der Waals surface area contributed by atoms with Crippen LogP contribution in [0.3, 0.4) is 0 Å². The number of rotatable bonds is 5. The van der Waals surface area contributed by atoms with Crippen LogP contribution >= 0.6 is 0 Å². The van der Waals surface area contributed by atoms with Crippen LogP contribution in [0.4, 0.5) is 5.69 Å². The van der Waals surface area contributed by atoms with Crippen LogP contribution in [-0.4, -0.2) is 30.3 Å². The van der Waals surface area contributed by atoms with Gasteiger partial charge in [0.2, 0.25) is 5.91 Å². The Morgan fingerprint density at radius 3 is 2.55 bits per heavy atom. The molecule has 0 aliphatic rings. The molecule has 2 aromatic rings. The summed E-state index contributed by atoms with van der Waals surface area (Å²) in [6.45, 7) is 2.15. The molecule has 0 spiro atoms. The molecule has 1 heterocycles. The normalized spacial score (nSPS) is 10.3. The third kappa shape index (κ3) is 3.95. The van der Waals surface area contributed by atoms with Crippen molar-refractivity contribution in [2.75, 3.05) is 18.9 Å². The summed E-state index contributed by atoms with van der Waals surface area (Å²) in [5, 5.41) is 2.75. The van der Waals surface area contributed by atoms with Crippen molar-refractivity contribution in [3.8, 4) is 0 Å². The van der Waals surface area contributed by atoms with E-state index in [0.29, 0.717) is 17.0 Å². The van der Waals surface area contributed by atoms with E-state index >= 15 is 0 Å². The maximum Gasteiger partial charge on any atom is 0.257 e. The van der Waals surface area contributed by atoms with Crippen LogP contribution in [0.5, 0.6) is 0 Å². The number of anilines is 1. The van der Waals surface area contributed by atoms with Gasteiger partial charge >= 0.3 is 0 Å². The van der Waals surface area contributed by atoms with Gasteiger partial charge in [0.25, 0.3) is 5.91 Å². The summed E-state index contributed by atoms with van der Waals surface area (Å²) in [6.07, 6.45) is 1.35. The average molecular weight is 301 g/mol. The molecular weight excluding hydrogens is 282 g/mol. The molecule has 0 saturated heterocycles. The standard InChI is InChI=1S/C16H19N3O3/c1-11-3-5-13(6-4-11)18-15(20)9-19(2)16(21)12-7-14(8-17)22-10-12/h3-7,10H,8-9,17H2,1-2H3,(H,18,20). The second kappa shape index (κ2) is 6.91. The molecule has 0 saturated carbocycles. The molecule has 0 bridgehead atoms. The van der Waals surface area contributed by atoms with Gasteiger partial charge < -0.3 is 20.4 Å². The smallest absolute Gasteiger partial charge is 0.257 e. The Balaban J connectivity index is 1.92. The lowest BCUT2D eigenvalue weighted by Crippen LogP contribution is -2.34. The fourth-order valence-electron chi connectivity index (χ4n) is 1.94. The van der Waals surface area contributed by atoms with E-state index in [2.05, 4.69) is 5.32 Å². The number of hydrogen-bond donors (Lipinski definition) is 2. The van der Waals surface area contributed by atoms with E-state index in [1.165, 1.54) is 11.2 Å². The molecule has 0 aliphatic heterocycles. The SMILES string of the molecule is Cc1ccc(NC(=O)CN(C)C(=O)c2coc(CN)c2)cc1. The molecule has 0 aliphatic carbocycles. The van der Waals surface area contributed by atoms with Crippen LogP contribution in [0.15, 0.2) is 41.0 Å².